The summed E-state index contributed by atoms with van der Waals surface area (Å²) in [4.78, 5) is 23.3. The number of carbonyl (C=O) groups is 1. The standard InChI is InChI=1S/C19H30N2O3/c22-18-11-17(13-5-8-14(9-6-13)21(23)24)16-10-7-12-3-1-2-4-15(12)19(16)20-18/h12-17,19H,1-11H2,(H,20,22). The van der Waals surface area contributed by atoms with E-state index in [9.17, 15) is 14.9 Å². The lowest BCUT2D eigenvalue weighted by atomic mass is 9.57. The summed E-state index contributed by atoms with van der Waals surface area (Å²) in [6.45, 7) is 0. The molecule has 1 saturated heterocycles. The molecule has 24 heavy (non-hydrogen) atoms. The van der Waals surface area contributed by atoms with Crippen LogP contribution in [0, 0.1) is 39.7 Å². The van der Waals surface area contributed by atoms with E-state index >= 15 is 0 Å². The van der Waals surface area contributed by atoms with Gasteiger partial charge in [-0.05, 0) is 61.7 Å². The number of nitrogens with zero attached hydrogens (tertiary/aromatic N) is 1. The van der Waals surface area contributed by atoms with Crippen LogP contribution in [0.15, 0.2) is 0 Å². The van der Waals surface area contributed by atoms with Gasteiger partial charge in [-0.3, -0.25) is 14.9 Å². The molecule has 3 aliphatic carbocycles. The Morgan fingerprint density at radius 1 is 0.833 bits per heavy atom. The summed E-state index contributed by atoms with van der Waals surface area (Å²) >= 11 is 0. The maximum atomic E-state index is 12.4. The predicted octanol–water partition coefficient (Wildman–Crippen LogP) is 3.54. The molecule has 5 atom stereocenters. The summed E-state index contributed by atoms with van der Waals surface area (Å²) < 4.78 is 0. The van der Waals surface area contributed by atoms with E-state index < -0.39 is 0 Å². The van der Waals surface area contributed by atoms with E-state index in [4.69, 9.17) is 0 Å². The number of fused-ring (bicyclic) bond motifs is 3. The van der Waals surface area contributed by atoms with Crippen LogP contribution >= 0.6 is 0 Å². The third-order valence-electron chi connectivity index (χ3n) is 7.70. The van der Waals surface area contributed by atoms with Crippen molar-refractivity contribution in [2.24, 2.45) is 29.6 Å². The van der Waals surface area contributed by atoms with Crippen molar-refractivity contribution in [3.63, 3.8) is 0 Å². The minimum absolute atomic E-state index is 0.0974. The maximum Gasteiger partial charge on any atom is 0.220 e. The van der Waals surface area contributed by atoms with Crippen LogP contribution in [0.1, 0.15) is 70.6 Å². The van der Waals surface area contributed by atoms with Gasteiger partial charge in [0.2, 0.25) is 11.9 Å². The van der Waals surface area contributed by atoms with Crippen LogP contribution in [0.25, 0.3) is 0 Å². The van der Waals surface area contributed by atoms with Crippen LogP contribution in [0.2, 0.25) is 0 Å². The van der Waals surface area contributed by atoms with Gasteiger partial charge in [0.05, 0.1) is 0 Å². The first-order valence-corrected chi connectivity index (χ1v) is 10.1. The minimum atomic E-state index is -0.344. The fourth-order valence-corrected chi connectivity index (χ4v) is 6.53. The number of rotatable bonds is 2. The number of amides is 1. The van der Waals surface area contributed by atoms with Crippen molar-refractivity contribution in [1.29, 1.82) is 0 Å². The second-order valence-corrected chi connectivity index (χ2v) is 8.76. The lowest BCUT2D eigenvalue weighted by Gasteiger charge is -2.52. The molecule has 0 aromatic rings. The second kappa shape index (κ2) is 6.64. The Morgan fingerprint density at radius 3 is 2.25 bits per heavy atom. The van der Waals surface area contributed by atoms with Gasteiger partial charge >= 0.3 is 0 Å². The Balaban J connectivity index is 1.47. The topological polar surface area (TPSA) is 72.2 Å². The van der Waals surface area contributed by atoms with Gasteiger partial charge in [-0.2, -0.15) is 0 Å². The summed E-state index contributed by atoms with van der Waals surface area (Å²) in [5.41, 5.74) is 0. The highest BCUT2D eigenvalue weighted by molar-refractivity contribution is 5.77. The van der Waals surface area contributed by atoms with Crippen LogP contribution in [-0.2, 0) is 4.79 Å². The highest BCUT2D eigenvalue weighted by atomic mass is 16.6. The van der Waals surface area contributed by atoms with Gasteiger partial charge in [-0.25, -0.2) is 0 Å². The van der Waals surface area contributed by atoms with Gasteiger partial charge in [0.15, 0.2) is 0 Å². The quantitative estimate of drug-likeness (QED) is 0.620. The average molecular weight is 334 g/mol. The summed E-state index contributed by atoms with van der Waals surface area (Å²) in [5.74, 6) is 3.38. The second-order valence-electron chi connectivity index (χ2n) is 8.76. The summed E-state index contributed by atoms with van der Waals surface area (Å²) in [7, 11) is 0. The summed E-state index contributed by atoms with van der Waals surface area (Å²) in [6.07, 6.45) is 11.9. The first-order chi connectivity index (χ1) is 11.6. The molecule has 1 heterocycles. The van der Waals surface area contributed by atoms with E-state index in [0.717, 1.165) is 18.8 Å². The van der Waals surface area contributed by atoms with E-state index in [0.29, 0.717) is 49.0 Å². The van der Waals surface area contributed by atoms with Crippen molar-refractivity contribution in [2.75, 3.05) is 0 Å². The number of nitrogens with one attached hydrogen (secondary N) is 1. The maximum absolute atomic E-state index is 12.4. The molecular weight excluding hydrogens is 304 g/mol. The highest BCUT2D eigenvalue weighted by Gasteiger charge is 2.49. The van der Waals surface area contributed by atoms with Crippen LogP contribution in [0.4, 0.5) is 0 Å². The Morgan fingerprint density at radius 2 is 1.50 bits per heavy atom. The van der Waals surface area contributed by atoms with Crippen LogP contribution < -0.4 is 5.32 Å². The van der Waals surface area contributed by atoms with Crippen molar-refractivity contribution >= 4 is 5.91 Å². The van der Waals surface area contributed by atoms with Gasteiger partial charge in [0.1, 0.15) is 0 Å². The molecule has 0 radical (unpaired) electrons. The lowest BCUT2D eigenvalue weighted by Crippen LogP contribution is -2.58. The largest absolute Gasteiger partial charge is 0.353 e. The van der Waals surface area contributed by atoms with E-state index in [2.05, 4.69) is 5.32 Å². The van der Waals surface area contributed by atoms with Crippen LogP contribution in [0.5, 0.6) is 0 Å². The van der Waals surface area contributed by atoms with Gasteiger partial charge in [0, 0.05) is 30.2 Å². The van der Waals surface area contributed by atoms with Crippen LogP contribution in [-0.4, -0.2) is 22.9 Å². The normalized spacial score (nSPS) is 45.7. The molecule has 1 N–H and O–H groups in total. The van der Waals surface area contributed by atoms with E-state index in [-0.39, 0.29) is 16.9 Å². The first-order valence-electron chi connectivity index (χ1n) is 10.1. The molecule has 4 fully saturated rings. The Hall–Kier alpha value is -1.13. The van der Waals surface area contributed by atoms with Gasteiger partial charge in [-0.1, -0.05) is 19.3 Å². The third-order valence-corrected chi connectivity index (χ3v) is 7.70. The number of hydrogen-bond acceptors (Lipinski definition) is 3. The third kappa shape index (κ3) is 2.95. The molecule has 5 unspecified atom stereocenters. The predicted molar refractivity (Wildman–Crippen MR) is 91.0 cm³/mol. The highest BCUT2D eigenvalue weighted by Crippen LogP contribution is 2.50. The minimum Gasteiger partial charge on any atom is -0.353 e. The molecule has 134 valence electrons. The fourth-order valence-electron chi connectivity index (χ4n) is 6.53. The number of hydrogen-bond donors (Lipinski definition) is 1. The summed E-state index contributed by atoms with van der Waals surface area (Å²) in [6, 6.07) is 0.0482. The zero-order chi connectivity index (χ0) is 16.7. The van der Waals surface area contributed by atoms with Crippen molar-refractivity contribution in [3.8, 4) is 0 Å². The average Bonchev–Trinajstić information content (AvgIpc) is 2.61. The van der Waals surface area contributed by atoms with E-state index in [1.54, 1.807) is 0 Å². The molecule has 4 rings (SSSR count). The molecule has 1 aliphatic heterocycles. The number of piperidine rings is 1. The smallest absolute Gasteiger partial charge is 0.220 e. The number of nitro groups is 1. The first kappa shape index (κ1) is 16.3. The molecule has 0 aromatic carbocycles. The number of carbonyl (C=O) groups excluding carboxylic acids is 1. The SMILES string of the molecule is O=C1CC(C2CCC([N+](=O)[O-])CC2)C2CCC3CCCCC3C2N1. The molecule has 1 amide bonds. The molecular formula is C19H30N2O3. The van der Waals surface area contributed by atoms with Crippen molar-refractivity contribution in [3.05, 3.63) is 10.1 Å². The molecule has 5 nitrogen and oxygen atoms in total. The van der Waals surface area contributed by atoms with E-state index in [1.165, 1.54) is 38.5 Å². The monoisotopic (exact) mass is 334 g/mol. The van der Waals surface area contributed by atoms with Gasteiger partial charge in [0.25, 0.3) is 0 Å². The molecule has 0 spiro atoms. The van der Waals surface area contributed by atoms with Crippen molar-refractivity contribution < 1.29 is 9.72 Å². The summed E-state index contributed by atoms with van der Waals surface area (Å²) in [5, 5.41) is 14.4. The zero-order valence-electron chi connectivity index (χ0n) is 14.5. The van der Waals surface area contributed by atoms with Crippen molar-refractivity contribution in [1.82, 2.24) is 5.32 Å². The molecule has 0 aromatic heterocycles. The fraction of sp³-hybridized carbons (Fsp3) is 0.947. The van der Waals surface area contributed by atoms with E-state index in [1.807, 2.05) is 0 Å². The molecule has 4 aliphatic rings. The molecule has 0 bridgehead atoms. The lowest BCUT2D eigenvalue weighted by molar-refractivity contribution is -0.527. The Labute approximate surface area is 144 Å². The Bertz CT molecular complexity index is 501. The zero-order valence-corrected chi connectivity index (χ0v) is 14.5. The van der Waals surface area contributed by atoms with Gasteiger partial charge in [-0.15, -0.1) is 0 Å². The molecule has 5 heteroatoms. The van der Waals surface area contributed by atoms with Gasteiger partial charge < -0.3 is 5.32 Å². The van der Waals surface area contributed by atoms with Crippen LogP contribution in [0.3, 0.4) is 0 Å². The van der Waals surface area contributed by atoms with Crippen molar-refractivity contribution in [2.45, 2.75) is 82.7 Å². The molecule has 3 saturated carbocycles. The Kier molecular flexibility index (Phi) is 4.52.